The summed E-state index contributed by atoms with van der Waals surface area (Å²) in [5, 5.41) is 6.79. The Morgan fingerprint density at radius 2 is 1.75 bits per heavy atom. The first-order valence-electron chi connectivity index (χ1n) is 7.99. The van der Waals surface area contributed by atoms with Gasteiger partial charge in [-0.3, -0.25) is 9.59 Å². The lowest BCUT2D eigenvalue weighted by Gasteiger charge is -2.05. The normalized spacial score (nSPS) is 13.7. The SMILES string of the molecule is O=C(N/N=C/Cc1ccccc1)c1ccc(NC(=O)C2CC2)cc1. The van der Waals surface area contributed by atoms with Crippen LogP contribution < -0.4 is 10.7 Å². The topological polar surface area (TPSA) is 70.6 Å². The minimum Gasteiger partial charge on any atom is -0.326 e. The summed E-state index contributed by atoms with van der Waals surface area (Å²) in [4.78, 5) is 23.7. The third-order valence-corrected chi connectivity index (χ3v) is 3.79. The highest BCUT2D eigenvalue weighted by atomic mass is 16.2. The predicted octanol–water partition coefficient (Wildman–Crippen LogP) is 2.99. The third-order valence-electron chi connectivity index (χ3n) is 3.79. The minimum atomic E-state index is -0.278. The van der Waals surface area contributed by atoms with Crippen LogP contribution in [-0.2, 0) is 11.2 Å². The number of hydrazone groups is 1. The lowest BCUT2D eigenvalue weighted by Crippen LogP contribution is -2.18. The Labute approximate surface area is 140 Å². The van der Waals surface area contributed by atoms with Crippen molar-refractivity contribution >= 4 is 23.7 Å². The maximum Gasteiger partial charge on any atom is 0.271 e. The molecule has 1 aliphatic carbocycles. The lowest BCUT2D eigenvalue weighted by atomic mass is 10.2. The van der Waals surface area contributed by atoms with Crippen LogP contribution in [0.1, 0.15) is 28.8 Å². The van der Waals surface area contributed by atoms with Crippen LogP contribution in [0.5, 0.6) is 0 Å². The fraction of sp³-hybridized carbons (Fsp3) is 0.211. The van der Waals surface area contributed by atoms with Crippen molar-refractivity contribution in [3.8, 4) is 0 Å². The number of amides is 2. The Kier molecular flexibility index (Phi) is 5.01. The molecule has 1 saturated carbocycles. The number of nitrogens with one attached hydrogen (secondary N) is 2. The second kappa shape index (κ2) is 7.55. The molecule has 2 amide bonds. The average Bonchev–Trinajstić information content (AvgIpc) is 3.45. The largest absolute Gasteiger partial charge is 0.326 e. The minimum absolute atomic E-state index is 0.0534. The lowest BCUT2D eigenvalue weighted by molar-refractivity contribution is -0.117. The number of hydrogen-bond donors (Lipinski definition) is 2. The molecule has 0 saturated heterocycles. The van der Waals surface area contributed by atoms with Crippen molar-refractivity contribution in [2.75, 3.05) is 5.32 Å². The first-order valence-corrected chi connectivity index (χ1v) is 7.99. The van der Waals surface area contributed by atoms with Crippen molar-refractivity contribution in [3.63, 3.8) is 0 Å². The van der Waals surface area contributed by atoms with Crippen LogP contribution >= 0.6 is 0 Å². The van der Waals surface area contributed by atoms with Gasteiger partial charge in [-0.2, -0.15) is 5.10 Å². The van der Waals surface area contributed by atoms with Crippen molar-refractivity contribution in [3.05, 3.63) is 65.7 Å². The molecule has 0 spiro atoms. The van der Waals surface area contributed by atoms with Gasteiger partial charge in [0.25, 0.3) is 5.91 Å². The molecule has 2 aromatic rings. The molecule has 0 radical (unpaired) electrons. The van der Waals surface area contributed by atoms with E-state index >= 15 is 0 Å². The fourth-order valence-corrected chi connectivity index (χ4v) is 2.23. The fourth-order valence-electron chi connectivity index (χ4n) is 2.23. The second-order valence-electron chi connectivity index (χ2n) is 5.78. The predicted molar refractivity (Wildman–Crippen MR) is 93.9 cm³/mol. The maximum atomic E-state index is 12.0. The summed E-state index contributed by atoms with van der Waals surface area (Å²) < 4.78 is 0. The summed E-state index contributed by atoms with van der Waals surface area (Å²) >= 11 is 0. The van der Waals surface area contributed by atoms with Gasteiger partial charge < -0.3 is 5.32 Å². The quantitative estimate of drug-likeness (QED) is 0.634. The molecular weight excluding hydrogens is 302 g/mol. The summed E-state index contributed by atoms with van der Waals surface area (Å²) in [6.07, 6.45) is 4.26. The number of benzene rings is 2. The zero-order chi connectivity index (χ0) is 16.8. The van der Waals surface area contributed by atoms with Gasteiger partial charge in [-0.05, 0) is 42.7 Å². The van der Waals surface area contributed by atoms with Gasteiger partial charge in [-0.1, -0.05) is 30.3 Å². The molecule has 0 unspecified atom stereocenters. The molecule has 1 fully saturated rings. The van der Waals surface area contributed by atoms with Crippen molar-refractivity contribution in [2.45, 2.75) is 19.3 Å². The highest BCUT2D eigenvalue weighted by Gasteiger charge is 2.29. The number of anilines is 1. The Balaban J connectivity index is 1.48. The molecule has 24 heavy (non-hydrogen) atoms. The van der Waals surface area contributed by atoms with Gasteiger partial charge in [0.15, 0.2) is 0 Å². The number of rotatable bonds is 6. The van der Waals surface area contributed by atoms with E-state index in [0.29, 0.717) is 17.7 Å². The maximum absolute atomic E-state index is 12.0. The molecule has 3 rings (SSSR count). The van der Waals surface area contributed by atoms with Gasteiger partial charge in [0, 0.05) is 29.8 Å². The molecule has 1 aliphatic rings. The Hall–Kier alpha value is -2.95. The molecule has 0 aliphatic heterocycles. The highest BCUT2D eigenvalue weighted by Crippen LogP contribution is 2.30. The summed E-state index contributed by atoms with van der Waals surface area (Å²) in [6, 6.07) is 16.7. The highest BCUT2D eigenvalue weighted by molar-refractivity contribution is 5.96. The van der Waals surface area contributed by atoms with Crippen LogP contribution in [0.2, 0.25) is 0 Å². The van der Waals surface area contributed by atoms with Crippen LogP contribution in [0.3, 0.4) is 0 Å². The zero-order valence-corrected chi connectivity index (χ0v) is 13.2. The number of carbonyl (C=O) groups excluding carboxylic acids is 2. The molecule has 0 heterocycles. The van der Waals surface area contributed by atoms with E-state index in [4.69, 9.17) is 0 Å². The molecule has 0 aromatic heterocycles. The molecule has 2 N–H and O–H groups in total. The monoisotopic (exact) mass is 321 g/mol. The van der Waals surface area contributed by atoms with E-state index in [2.05, 4.69) is 15.8 Å². The van der Waals surface area contributed by atoms with Crippen molar-refractivity contribution in [1.82, 2.24) is 5.43 Å². The number of hydrogen-bond acceptors (Lipinski definition) is 3. The second-order valence-corrected chi connectivity index (χ2v) is 5.78. The molecular formula is C19H19N3O2. The summed E-state index contributed by atoms with van der Waals surface area (Å²) in [5.41, 5.74) is 4.83. The van der Waals surface area contributed by atoms with E-state index in [1.54, 1.807) is 30.5 Å². The standard InChI is InChI=1S/C19H19N3O2/c23-18(15-6-7-15)21-17-10-8-16(9-11-17)19(24)22-20-13-12-14-4-2-1-3-5-14/h1-5,8-11,13,15H,6-7,12H2,(H,21,23)(H,22,24)/b20-13+. The van der Waals surface area contributed by atoms with Crippen molar-refractivity contribution in [2.24, 2.45) is 11.0 Å². The van der Waals surface area contributed by atoms with Gasteiger partial charge >= 0.3 is 0 Å². The Bertz CT molecular complexity index is 735. The number of carbonyl (C=O) groups is 2. The number of nitrogens with zero attached hydrogens (tertiary/aromatic N) is 1. The average molecular weight is 321 g/mol. The molecule has 5 nitrogen and oxygen atoms in total. The molecule has 2 aromatic carbocycles. The van der Waals surface area contributed by atoms with E-state index in [9.17, 15) is 9.59 Å². The smallest absolute Gasteiger partial charge is 0.271 e. The molecule has 0 atom stereocenters. The summed E-state index contributed by atoms with van der Waals surface area (Å²) in [5.74, 6) is -0.0657. The molecule has 5 heteroatoms. The van der Waals surface area contributed by atoms with E-state index in [1.165, 1.54) is 0 Å². The van der Waals surface area contributed by atoms with E-state index in [1.807, 2.05) is 30.3 Å². The van der Waals surface area contributed by atoms with Crippen LogP contribution in [0.15, 0.2) is 59.7 Å². The van der Waals surface area contributed by atoms with E-state index in [0.717, 1.165) is 18.4 Å². The van der Waals surface area contributed by atoms with Crippen LogP contribution in [0.4, 0.5) is 5.69 Å². The van der Waals surface area contributed by atoms with Gasteiger partial charge in [-0.15, -0.1) is 0 Å². The van der Waals surface area contributed by atoms with Crippen LogP contribution in [-0.4, -0.2) is 18.0 Å². The van der Waals surface area contributed by atoms with Gasteiger partial charge in [0.2, 0.25) is 5.91 Å². The van der Waals surface area contributed by atoms with Gasteiger partial charge in [0.05, 0.1) is 0 Å². The van der Waals surface area contributed by atoms with E-state index < -0.39 is 0 Å². The summed E-state index contributed by atoms with van der Waals surface area (Å²) in [6.45, 7) is 0. The molecule has 122 valence electrons. The first-order chi connectivity index (χ1) is 11.7. The molecule has 0 bridgehead atoms. The van der Waals surface area contributed by atoms with Crippen LogP contribution in [0, 0.1) is 5.92 Å². The Morgan fingerprint density at radius 1 is 1.04 bits per heavy atom. The Morgan fingerprint density at radius 3 is 2.42 bits per heavy atom. The van der Waals surface area contributed by atoms with Crippen molar-refractivity contribution < 1.29 is 9.59 Å². The van der Waals surface area contributed by atoms with Gasteiger partial charge in [0.1, 0.15) is 0 Å². The van der Waals surface area contributed by atoms with Gasteiger partial charge in [-0.25, -0.2) is 5.43 Å². The van der Waals surface area contributed by atoms with E-state index in [-0.39, 0.29) is 17.7 Å². The summed E-state index contributed by atoms with van der Waals surface area (Å²) in [7, 11) is 0. The zero-order valence-electron chi connectivity index (χ0n) is 13.2. The van der Waals surface area contributed by atoms with Crippen LogP contribution in [0.25, 0.3) is 0 Å². The van der Waals surface area contributed by atoms with Crippen molar-refractivity contribution in [1.29, 1.82) is 0 Å². The first kappa shape index (κ1) is 15.9. The third kappa shape index (κ3) is 4.52.